The lowest BCUT2D eigenvalue weighted by Gasteiger charge is -2.13. The summed E-state index contributed by atoms with van der Waals surface area (Å²) in [7, 11) is 0. The number of carbonyl (C=O) groups is 2. The molecular formula is C27H26N4O4. The molecule has 4 aromatic rings. The maximum atomic E-state index is 12.3. The minimum Gasteiger partial charge on any atom is -0.505 e. The summed E-state index contributed by atoms with van der Waals surface area (Å²) in [5.41, 5.74) is 4.50. The molecule has 2 N–H and O–H groups in total. The second-order valence-electron chi connectivity index (χ2n) is 8.12. The molecule has 0 aliphatic rings. The number of ether oxygens (including phenoxy) is 1. The number of phenolic OH excluding ortho intramolecular Hbond substituents is 1. The molecule has 0 saturated carbocycles. The lowest BCUT2D eigenvalue weighted by atomic mass is 9.98. The average molecular weight is 471 g/mol. The molecule has 4 rings (SSSR count). The van der Waals surface area contributed by atoms with Crippen molar-refractivity contribution in [3.8, 4) is 22.6 Å². The van der Waals surface area contributed by atoms with E-state index < -0.39 is 5.97 Å². The third-order valence-corrected chi connectivity index (χ3v) is 5.38. The van der Waals surface area contributed by atoms with E-state index in [0.29, 0.717) is 34.3 Å². The smallest absolute Gasteiger partial charge is 0.333 e. The van der Waals surface area contributed by atoms with Crippen LogP contribution < -0.4 is 5.32 Å². The summed E-state index contributed by atoms with van der Waals surface area (Å²) in [6.07, 6.45) is 0.659. The van der Waals surface area contributed by atoms with Gasteiger partial charge in [0.2, 0.25) is 5.91 Å². The van der Waals surface area contributed by atoms with Crippen molar-refractivity contribution in [2.45, 2.75) is 19.8 Å². The molecule has 8 nitrogen and oxygen atoms in total. The normalized spacial score (nSPS) is 10.8. The monoisotopic (exact) mass is 470 g/mol. The molecule has 0 aliphatic heterocycles. The Bertz CT molecular complexity index is 1350. The predicted molar refractivity (Wildman–Crippen MR) is 133 cm³/mol. The summed E-state index contributed by atoms with van der Waals surface area (Å²) in [5.74, 6) is -0.594. The average Bonchev–Trinajstić information content (AvgIpc) is 3.30. The number of carbonyl (C=O) groups excluding carboxylic acids is 2. The van der Waals surface area contributed by atoms with Crippen LogP contribution in [0.5, 0.6) is 5.75 Å². The number of nitrogens with zero attached hydrogens (tertiary/aromatic N) is 3. The van der Waals surface area contributed by atoms with Gasteiger partial charge < -0.3 is 15.2 Å². The standard InChI is InChI=1S/C27H26N4O4/c1-18(2)27(34)35-15-14-28-25(32)13-12-19-16-21(20-8-4-3-5-9-20)26(33)24(17-19)31-29-22-10-6-7-11-23(22)30-31/h3-11,16-17,33H,1,12-15H2,2H3,(H,28,32). The van der Waals surface area contributed by atoms with E-state index in [-0.39, 0.29) is 31.2 Å². The Hall–Kier alpha value is -4.46. The van der Waals surface area contributed by atoms with E-state index in [1.54, 1.807) is 13.0 Å². The summed E-state index contributed by atoms with van der Waals surface area (Å²) in [6, 6.07) is 20.7. The van der Waals surface area contributed by atoms with E-state index in [9.17, 15) is 14.7 Å². The van der Waals surface area contributed by atoms with E-state index in [2.05, 4.69) is 22.1 Å². The maximum Gasteiger partial charge on any atom is 0.333 e. The van der Waals surface area contributed by atoms with Crippen LogP contribution in [0.4, 0.5) is 0 Å². The van der Waals surface area contributed by atoms with Crippen molar-refractivity contribution >= 4 is 22.9 Å². The first-order valence-corrected chi connectivity index (χ1v) is 11.3. The SMILES string of the molecule is C=C(C)C(=O)OCCNC(=O)CCc1cc(-c2ccccc2)c(O)c(-n2nc3ccccc3n2)c1. The molecule has 3 aromatic carbocycles. The van der Waals surface area contributed by atoms with Gasteiger partial charge in [-0.2, -0.15) is 0 Å². The highest BCUT2D eigenvalue weighted by Gasteiger charge is 2.16. The maximum absolute atomic E-state index is 12.3. The molecule has 0 aliphatic carbocycles. The van der Waals surface area contributed by atoms with Gasteiger partial charge in [0, 0.05) is 17.6 Å². The topological polar surface area (TPSA) is 106 Å². The van der Waals surface area contributed by atoms with Gasteiger partial charge >= 0.3 is 5.97 Å². The third-order valence-electron chi connectivity index (χ3n) is 5.38. The van der Waals surface area contributed by atoms with Gasteiger partial charge in [0.1, 0.15) is 23.3 Å². The van der Waals surface area contributed by atoms with Gasteiger partial charge in [0.05, 0.1) is 6.54 Å². The quantitative estimate of drug-likeness (QED) is 0.218. The van der Waals surface area contributed by atoms with Crippen LogP contribution in [-0.4, -0.2) is 45.1 Å². The second kappa shape index (κ2) is 10.6. The van der Waals surface area contributed by atoms with E-state index >= 15 is 0 Å². The molecular weight excluding hydrogens is 444 g/mol. The first-order valence-electron chi connectivity index (χ1n) is 11.3. The molecule has 8 heteroatoms. The number of amides is 1. The number of aryl methyl sites for hydroxylation is 1. The van der Waals surface area contributed by atoms with Crippen molar-refractivity contribution in [2.75, 3.05) is 13.2 Å². The van der Waals surface area contributed by atoms with Crippen molar-refractivity contribution < 1.29 is 19.4 Å². The van der Waals surface area contributed by atoms with Crippen LogP contribution in [0, 0.1) is 0 Å². The fraction of sp³-hybridized carbons (Fsp3) is 0.185. The fourth-order valence-corrected chi connectivity index (χ4v) is 3.58. The molecule has 0 fully saturated rings. The largest absolute Gasteiger partial charge is 0.505 e. The second-order valence-corrected chi connectivity index (χ2v) is 8.12. The number of hydrogen-bond donors (Lipinski definition) is 2. The zero-order valence-corrected chi connectivity index (χ0v) is 19.4. The van der Waals surface area contributed by atoms with Crippen LogP contribution in [-0.2, 0) is 20.7 Å². The Labute approximate surface area is 202 Å². The Kier molecular flexibility index (Phi) is 7.21. The van der Waals surface area contributed by atoms with Crippen molar-refractivity contribution in [1.82, 2.24) is 20.3 Å². The van der Waals surface area contributed by atoms with Gasteiger partial charge in [-0.1, -0.05) is 49.0 Å². The third kappa shape index (κ3) is 5.73. The zero-order chi connectivity index (χ0) is 24.8. The summed E-state index contributed by atoms with van der Waals surface area (Å²) < 4.78 is 4.99. The molecule has 0 spiro atoms. The van der Waals surface area contributed by atoms with Crippen molar-refractivity contribution in [2.24, 2.45) is 0 Å². The van der Waals surface area contributed by atoms with Gasteiger partial charge in [0.25, 0.3) is 0 Å². The van der Waals surface area contributed by atoms with Crippen LogP contribution in [0.15, 0.2) is 78.9 Å². The lowest BCUT2D eigenvalue weighted by molar-refractivity contribution is -0.139. The van der Waals surface area contributed by atoms with E-state index in [1.165, 1.54) is 4.80 Å². The molecule has 35 heavy (non-hydrogen) atoms. The van der Waals surface area contributed by atoms with Crippen molar-refractivity contribution in [3.05, 3.63) is 84.4 Å². The number of aromatic hydroxyl groups is 1. The minimum atomic E-state index is -0.482. The Morgan fingerprint density at radius 1 is 1.03 bits per heavy atom. The van der Waals surface area contributed by atoms with Gasteiger partial charge in [-0.15, -0.1) is 15.0 Å². The van der Waals surface area contributed by atoms with Gasteiger partial charge in [-0.05, 0) is 48.7 Å². The van der Waals surface area contributed by atoms with Gasteiger partial charge in [-0.3, -0.25) is 4.79 Å². The number of aromatic nitrogens is 3. The van der Waals surface area contributed by atoms with E-state index in [0.717, 1.165) is 11.1 Å². The molecule has 1 aromatic heterocycles. The Morgan fingerprint density at radius 2 is 1.69 bits per heavy atom. The molecule has 0 unspecified atom stereocenters. The Morgan fingerprint density at radius 3 is 2.34 bits per heavy atom. The van der Waals surface area contributed by atoms with Crippen molar-refractivity contribution in [3.63, 3.8) is 0 Å². The minimum absolute atomic E-state index is 0.0593. The number of nitrogens with one attached hydrogen (secondary N) is 1. The molecule has 178 valence electrons. The fourth-order valence-electron chi connectivity index (χ4n) is 3.58. The first kappa shape index (κ1) is 23.7. The highest BCUT2D eigenvalue weighted by atomic mass is 16.5. The van der Waals surface area contributed by atoms with Crippen molar-refractivity contribution in [1.29, 1.82) is 0 Å². The first-order chi connectivity index (χ1) is 16.9. The molecule has 1 amide bonds. The highest BCUT2D eigenvalue weighted by molar-refractivity contribution is 5.87. The number of fused-ring (bicyclic) bond motifs is 1. The van der Waals surface area contributed by atoms with Crippen LogP contribution in [0.25, 0.3) is 27.8 Å². The number of hydrogen-bond acceptors (Lipinski definition) is 6. The molecule has 1 heterocycles. The summed E-state index contributed by atoms with van der Waals surface area (Å²) in [6.45, 7) is 5.39. The summed E-state index contributed by atoms with van der Waals surface area (Å²) in [4.78, 5) is 25.2. The van der Waals surface area contributed by atoms with Gasteiger partial charge in [0.15, 0.2) is 5.75 Å². The molecule has 0 saturated heterocycles. The van der Waals surface area contributed by atoms with Gasteiger partial charge in [-0.25, -0.2) is 4.79 Å². The molecule has 0 radical (unpaired) electrons. The van der Waals surface area contributed by atoms with E-state index in [1.807, 2.05) is 60.7 Å². The number of phenols is 1. The lowest BCUT2D eigenvalue weighted by Crippen LogP contribution is -2.28. The van der Waals surface area contributed by atoms with Crippen LogP contribution in [0.1, 0.15) is 18.9 Å². The number of benzene rings is 3. The number of rotatable bonds is 9. The number of esters is 1. The van der Waals surface area contributed by atoms with Crippen LogP contribution in [0.2, 0.25) is 0 Å². The van der Waals surface area contributed by atoms with Crippen LogP contribution >= 0.6 is 0 Å². The predicted octanol–water partition coefficient (Wildman–Crippen LogP) is 3.96. The Balaban J connectivity index is 1.54. The molecule has 0 bridgehead atoms. The zero-order valence-electron chi connectivity index (χ0n) is 19.4. The van der Waals surface area contributed by atoms with Crippen LogP contribution in [0.3, 0.4) is 0 Å². The summed E-state index contributed by atoms with van der Waals surface area (Å²) >= 11 is 0. The van der Waals surface area contributed by atoms with E-state index in [4.69, 9.17) is 4.74 Å². The highest BCUT2D eigenvalue weighted by Crippen LogP contribution is 2.36. The summed E-state index contributed by atoms with van der Waals surface area (Å²) in [5, 5.41) is 22.9. The molecule has 0 atom stereocenters.